The molecule has 0 fully saturated rings. The Balaban J connectivity index is -0.0000000450. The van der Waals surface area contributed by atoms with Crippen LogP contribution in [0.1, 0.15) is 6.42 Å². The quantitative estimate of drug-likeness (QED) is 0.427. The zero-order valence-corrected chi connectivity index (χ0v) is 8.16. The van der Waals surface area contributed by atoms with Crippen molar-refractivity contribution in [2.24, 2.45) is 0 Å². The molecule has 0 saturated carbocycles. The Morgan fingerprint density at radius 2 is 1.83 bits per heavy atom. The molecule has 0 unspecified atom stereocenters. The van der Waals surface area contributed by atoms with Crippen molar-refractivity contribution >= 4 is 17.0 Å². The van der Waals surface area contributed by atoms with E-state index >= 15 is 0 Å². The predicted molar refractivity (Wildman–Crippen MR) is 25.9 cm³/mol. The molecule has 0 bridgehead atoms. The Hall–Kier alpha value is 0.593. The molecular weight excluding hydrogens is 195 g/mol. The molecule has 0 aromatic heterocycles. The van der Waals surface area contributed by atoms with Crippen LogP contribution in [0.25, 0.3) is 0 Å². The van der Waals surface area contributed by atoms with E-state index in [2.05, 4.69) is 6.92 Å². The molecule has 0 rings (SSSR count). The van der Waals surface area contributed by atoms with E-state index < -0.39 is 0 Å². The first-order valence-corrected chi connectivity index (χ1v) is 1.08. The van der Waals surface area contributed by atoms with Gasteiger partial charge < -0.3 is 6.92 Å². The van der Waals surface area contributed by atoms with Gasteiger partial charge in [0.2, 0.25) is 0 Å². The Morgan fingerprint density at radius 1 is 1.67 bits per heavy atom. The third-order valence-electron chi connectivity index (χ3n) is 0.112. The summed E-state index contributed by atoms with van der Waals surface area (Å²) in [6, 6.07) is 1.82. The average molecular weight is 200 g/mol. The first kappa shape index (κ1) is 16.0. The monoisotopic (exact) mass is 198 g/mol. The normalized spacial score (nSPS) is 3.33. The van der Waals surface area contributed by atoms with Crippen LogP contribution in [0.5, 0.6) is 0 Å². The van der Waals surface area contributed by atoms with Crippen LogP contribution in [0.3, 0.4) is 0 Å². The number of halogens is 1. The number of nitriles is 1. The summed E-state index contributed by atoms with van der Waals surface area (Å²) in [5.74, 6) is 0. The van der Waals surface area contributed by atoms with E-state index in [1.165, 1.54) is 0 Å². The molecule has 6 heavy (non-hydrogen) atoms. The van der Waals surface area contributed by atoms with Crippen molar-refractivity contribution < 1.29 is 19.5 Å². The summed E-state index contributed by atoms with van der Waals surface area (Å²) in [6.07, 6.45) is 0.375. The number of nitrogens with zero attached hydrogens (tertiary/aromatic N) is 1. The number of hydrogen-bond donors (Lipinski definition) is 0. The molecule has 32 valence electrons. The van der Waals surface area contributed by atoms with Crippen LogP contribution < -0.4 is 0 Å². The maximum absolute atomic E-state index is 7.56. The molecule has 0 spiro atoms. The fourth-order valence-corrected chi connectivity index (χ4v) is 0. The first-order valence-electron chi connectivity index (χ1n) is 1.08. The van der Waals surface area contributed by atoms with Crippen molar-refractivity contribution in [3.63, 3.8) is 0 Å². The first-order chi connectivity index (χ1) is 1.91. The summed E-state index contributed by atoms with van der Waals surface area (Å²) in [6.45, 7) is 3.24. The number of rotatable bonds is 0. The minimum absolute atomic E-state index is 0. The maximum atomic E-state index is 7.56. The second-order valence-electron chi connectivity index (χ2n) is 0.408. The van der Waals surface area contributed by atoms with Gasteiger partial charge in [0.1, 0.15) is 0 Å². The van der Waals surface area contributed by atoms with Crippen LogP contribution in [0.4, 0.5) is 0 Å². The molecule has 0 aliphatic heterocycles. The van der Waals surface area contributed by atoms with Gasteiger partial charge in [-0.15, -0.1) is 17.0 Å². The summed E-state index contributed by atoms with van der Waals surface area (Å²) in [5.41, 5.74) is 0. The van der Waals surface area contributed by atoms with E-state index in [0.717, 1.165) is 0 Å². The molecule has 0 aliphatic carbocycles. The van der Waals surface area contributed by atoms with Gasteiger partial charge in [-0.2, -0.15) is 0 Å². The minimum Gasteiger partial charge on any atom is -0.330 e. The molecule has 3 heteroatoms. The summed E-state index contributed by atoms with van der Waals surface area (Å²) in [4.78, 5) is 0. The van der Waals surface area contributed by atoms with E-state index in [1.807, 2.05) is 6.07 Å². The SMILES string of the molecule is Br.[CH2-]CC#N.[Zn]. The van der Waals surface area contributed by atoms with Gasteiger partial charge in [0.05, 0.1) is 0 Å². The van der Waals surface area contributed by atoms with Crippen LogP contribution in [0.15, 0.2) is 0 Å². The fraction of sp³-hybridized carbons (Fsp3) is 0.333. The van der Waals surface area contributed by atoms with E-state index in [1.54, 1.807) is 0 Å². The van der Waals surface area contributed by atoms with Gasteiger partial charge in [-0.05, 0) is 0 Å². The fourth-order valence-electron chi connectivity index (χ4n) is 0. The van der Waals surface area contributed by atoms with Gasteiger partial charge in [0.25, 0.3) is 0 Å². The predicted octanol–water partition coefficient (Wildman–Crippen LogP) is 1.31. The number of hydrogen-bond acceptors (Lipinski definition) is 1. The van der Waals surface area contributed by atoms with Crippen LogP contribution >= 0.6 is 17.0 Å². The van der Waals surface area contributed by atoms with E-state index in [0.29, 0.717) is 6.42 Å². The van der Waals surface area contributed by atoms with Gasteiger partial charge in [0, 0.05) is 25.5 Å². The van der Waals surface area contributed by atoms with Crippen molar-refractivity contribution in [1.29, 1.82) is 5.26 Å². The molecule has 0 aliphatic rings. The minimum atomic E-state index is 0. The van der Waals surface area contributed by atoms with Crippen LogP contribution in [0.2, 0.25) is 0 Å². The van der Waals surface area contributed by atoms with E-state index in [4.69, 9.17) is 5.26 Å². The molecule has 0 heterocycles. The summed E-state index contributed by atoms with van der Waals surface area (Å²) >= 11 is 0. The van der Waals surface area contributed by atoms with E-state index in [9.17, 15) is 0 Å². The van der Waals surface area contributed by atoms with Gasteiger partial charge in [-0.25, -0.2) is 5.26 Å². The Bertz CT molecular complexity index is 40.5. The Kier molecular flexibility index (Phi) is 46.7. The molecule has 0 N–H and O–H groups in total. The Morgan fingerprint density at radius 3 is 1.83 bits per heavy atom. The summed E-state index contributed by atoms with van der Waals surface area (Å²) in [5, 5.41) is 7.56. The largest absolute Gasteiger partial charge is 0.330 e. The maximum Gasteiger partial charge on any atom is 0.0292 e. The molecular formula is C3H5BrNZn-. The standard InChI is InChI=1S/C3H4N.BrH.Zn/c1-2-3-4;;/h1-2H2;1H;/q-1;;. The molecule has 0 amide bonds. The zero-order chi connectivity index (χ0) is 3.41. The second-order valence-corrected chi connectivity index (χ2v) is 0.408. The van der Waals surface area contributed by atoms with Gasteiger partial charge in [-0.1, -0.05) is 6.42 Å². The van der Waals surface area contributed by atoms with Gasteiger partial charge in [0.15, 0.2) is 0 Å². The third kappa shape index (κ3) is 23.4. The molecule has 0 aromatic rings. The average Bonchev–Trinajstić information content (AvgIpc) is 1.37. The second kappa shape index (κ2) is 17.5. The Labute approximate surface area is 61.3 Å². The molecule has 0 saturated heterocycles. The molecule has 1 nitrogen and oxygen atoms in total. The summed E-state index contributed by atoms with van der Waals surface area (Å²) in [7, 11) is 0. The third-order valence-corrected chi connectivity index (χ3v) is 0.112. The van der Waals surface area contributed by atoms with Crippen molar-refractivity contribution in [3.05, 3.63) is 6.92 Å². The summed E-state index contributed by atoms with van der Waals surface area (Å²) < 4.78 is 0. The molecule has 0 radical (unpaired) electrons. The molecule has 0 aromatic carbocycles. The smallest absolute Gasteiger partial charge is 0.0292 e. The topological polar surface area (TPSA) is 23.8 Å². The van der Waals surface area contributed by atoms with Crippen molar-refractivity contribution in [1.82, 2.24) is 0 Å². The van der Waals surface area contributed by atoms with Crippen molar-refractivity contribution in [3.8, 4) is 6.07 Å². The van der Waals surface area contributed by atoms with Crippen LogP contribution in [-0.4, -0.2) is 0 Å². The zero-order valence-electron chi connectivity index (χ0n) is 3.48. The van der Waals surface area contributed by atoms with Crippen LogP contribution in [0, 0.1) is 18.3 Å². The van der Waals surface area contributed by atoms with Gasteiger partial charge >= 0.3 is 0 Å². The van der Waals surface area contributed by atoms with Crippen molar-refractivity contribution in [2.75, 3.05) is 0 Å². The van der Waals surface area contributed by atoms with Crippen LogP contribution in [-0.2, 0) is 19.5 Å². The van der Waals surface area contributed by atoms with Crippen molar-refractivity contribution in [2.45, 2.75) is 6.42 Å². The molecule has 0 atom stereocenters. The van der Waals surface area contributed by atoms with E-state index in [-0.39, 0.29) is 36.5 Å². The van der Waals surface area contributed by atoms with Gasteiger partial charge in [-0.3, -0.25) is 0 Å².